The number of ether oxygens (including phenoxy) is 1. The molecule has 1 aromatic heterocycles. The lowest BCUT2D eigenvalue weighted by molar-refractivity contribution is -0.384. The van der Waals surface area contributed by atoms with E-state index in [-0.39, 0.29) is 5.69 Å². The molecule has 1 N–H and O–H groups in total. The summed E-state index contributed by atoms with van der Waals surface area (Å²) in [5, 5.41) is 15.1. The van der Waals surface area contributed by atoms with E-state index < -0.39 is 10.9 Å². The molecule has 0 unspecified atom stereocenters. The highest BCUT2D eigenvalue weighted by Gasteiger charge is 2.13. The normalized spacial score (nSPS) is 10.8. The van der Waals surface area contributed by atoms with Crippen molar-refractivity contribution in [1.82, 2.24) is 0 Å². The first-order chi connectivity index (χ1) is 13.5. The van der Waals surface area contributed by atoms with Crippen LogP contribution in [-0.4, -0.2) is 24.2 Å². The zero-order valence-electron chi connectivity index (χ0n) is 14.6. The molecule has 0 saturated heterocycles. The number of hydrazone groups is 1. The highest BCUT2D eigenvalue weighted by molar-refractivity contribution is 6.33. The van der Waals surface area contributed by atoms with Gasteiger partial charge in [0.15, 0.2) is 0 Å². The van der Waals surface area contributed by atoms with E-state index in [1.807, 2.05) is 0 Å². The van der Waals surface area contributed by atoms with E-state index in [1.54, 1.807) is 42.5 Å². The maximum Gasteiger partial charge on any atom is 0.337 e. The van der Waals surface area contributed by atoms with Crippen LogP contribution in [0.25, 0.3) is 11.3 Å². The van der Waals surface area contributed by atoms with Crippen molar-refractivity contribution in [3.05, 3.63) is 81.1 Å². The molecule has 0 aliphatic carbocycles. The molecule has 0 amide bonds. The van der Waals surface area contributed by atoms with Crippen LogP contribution in [0.1, 0.15) is 16.1 Å². The van der Waals surface area contributed by atoms with Crippen molar-refractivity contribution in [1.29, 1.82) is 0 Å². The van der Waals surface area contributed by atoms with E-state index in [2.05, 4.69) is 10.5 Å². The van der Waals surface area contributed by atoms with E-state index in [4.69, 9.17) is 20.8 Å². The van der Waals surface area contributed by atoms with Gasteiger partial charge in [0.1, 0.15) is 11.5 Å². The molecule has 0 saturated carbocycles. The molecule has 28 heavy (non-hydrogen) atoms. The van der Waals surface area contributed by atoms with Gasteiger partial charge in [0.2, 0.25) is 0 Å². The lowest BCUT2D eigenvalue weighted by Crippen LogP contribution is -2.01. The predicted octanol–water partition coefficient (Wildman–Crippen LogP) is 4.74. The van der Waals surface area contributed by atoms with Crippen LogP contribution in [0.2, 0.25) is 5.02 Å². The second-order valence-corrected chi connectivity index (χ2v) is 5.97. The summed E-state index contributed by atoms with van der Waals surface area (Å²) in [4.78, 5) is 21.8. The van der Waals surface area contributed by atoms with Gasteiger partial charge in [-0.05, 0) is 42.5 Å². The van der Waals surface area contributed by atoms with Crippen LogP contribution in [-0.2, 0) is 4.74 Å². The monoisotopic (exact) mass is 399 g/mol. The maximum atomic E-state index is 11.7. The Morgan fingerprint density at radius 2 is 1.96 bits per heavy atom. The first-order valence-electron chi connectivity index (χ1n) is 7.99. The molecule has 0 aliphatic heterocycles. The second-order valence-electron chi connectivity index (χ2n) is 5.56. The molecular formula is C19H14ClN3O5. The van der Waals surface area contributed by atoms with Crippen molar-refractivity contribution in [3.8, 4) is 11.3 Å². The van der Waals surface area contributed by atoms with Gasteiger partial charge in [0.05, 0.1) is 34.5 Å². The van der Waals surface area contributed by atoms with Gasteiger partial charge in [-0.2, -0.15) is 5.10 Å². The van der Waals surface area contributed by atoms with Crippen molar-refractivity contribution in [2.24, 2.45) is 5.10 Å². The van der Waals surface area contributed by atoms with Crippen LogP contribution < -0.4 is 5.43 Å². The lowest BCUT2D eigenvalue weighted by Gasteiger charge is -2.04. The van der Waals surface area contributed by atoms with E-state index >= 15 is 0 Å². The number of hydrogen-bond acceptors (Lipinski definition) is 7. The van der Waals surface area contributed by atoms with E-state index in [0.29, 0.717) is 33.4 Å². The molecular weight excluding hydrogens is 386 g/mol. The van der Waals surface area contributed by atoms with Crippen molar-refractivity contribution in [2.75, 3.05) is 12.5 Å². The van der Waals surface area contributed by atoms with Crippen LogP contribution >= 0.6 is 11.6 Å². The molecule has 0 bridgehead atoms. The molecule has 2 aromatic carbocycles. The van der Waals surface area contributed by atoms with E-state index in [9.17, 15) is 14.9 Å². The van der Waals surface area contributed by atoms with Crippen LogP contribution in [0, 0.1) is 10.1 Å². The molecule has 8 nitrogen and oxygen atoms in total. The Morgan fingerprint density at radius 3 is 2.64 bits per heavy atom. The number of rotatable bonds is 6. The SMILES string of the molecule is COC(=O)c1ccc(Cl)c(-c2ccc(C=NNc3ccc([N+](=O)[O-])cc3)o2)c1. The quantitative estimate of drug-likeness (QED) is 0.277. The maximum absolute atomic E-state index is 11.7. The Kier molecular flexibility index (Phi) is 5.71. The molecule has 3 aromatic rings. The summed E-state index contributed by atoms with van der Waals surface area (Å²) in [6.07, 6.45) is 1.45. The smallest absolute Gasteiger partial charge is 0.337 e. The third-order valence-corrected chi connectivity index (χ3v) is 4.07. The number of benzene rings is 2. The molecule has 0 spiro atoms. The van der Waals surface area contributed by atoms with Crippen LogP contribution in [0.3, 0.4) is 0 Å². The standard InChI is InChI=1S/C19H14ClN3O5/c1-27-19(24)12-2-8-17(20)16(10-12)18-9-7-15(28-18)11-21-22-13-3-5-14(6-4-13)23(25)26/h2-11,22H,1H3. The number of nitrogens with one attached hydrogen (secondary N) is 1. The molecule has 0 aliphatic rings. The number of nitro benzene ring substituents is 1. The van der Waals surface area contributed by atoms with Gasteiger partial charge in [-0.15, -0.1) is 0 Å². The summed E-state index contributed by atoms with van der Waals surface area (Å²) < 4.78 is 10.4. The van der Waals surface area contributed by atoms with Gasteiger partial charge in [0, 0.05) is 17.7 Å². The summed E-state index contributed by atoms with van der Waals surface area (Å²) in [5.74, 6) is 0.440. The third-order valence-electron chi connectivity index (χ3n) is 3.74. The van der Waals surface area contributed by atoms with Crippen LogP contribution in [0.15, 0.2) is 64.1 Å². The third kappa shape index (κ3) is 4.36. The number of nitrogens with zero attached hydrogens (tertiary/aromatic N) is 2. The Morgan fingerprint density at radius 1 is 1.21 bits per heavy atom. The molecule has 0 atom stereocenters. The number of non-ortho nitro benzene ring substituents is 1. The van der Waals surface area contributed by atoms with Crippen LogP contribution in [0.5, 0.6) is 0 Å². The minimum Gasteiger partial charge on any atom is -0.465 e. The number of carbonyl (C=O) groups excluding carboxylic acids is 1. The van der Waals surface area contributed by atoms with Gasteiger partial charge in [-0.1, -0.05) is 11.6 Å². The first-order valence-corrected chi connectivity index (χ1v) is 8.37. The van der Waals surface area contributed by atoms with Gasteiger partial charge in [0.25, 0.3) is 5.69 Å². The highest BCUT2D eigenvalue weighted by atomic mass is 35.5. The van der Waals surface area contributed by atoms with Crippen molar-refractivity contribution < 1.29 is 18.9 Å². The summed E-state index contributed by atoms with van der Waals surface area (Å²) in [6, 6.07) is 14.0. The van der Waals surface area contributed by atoms with Gasteiger partial charge in [-0.25, -0.2) is 4.79 Å². The number of anilines is 1. The minimum absolute atomic E-state index is 0.00345. The molecule has 142 valence electrons. The summed E-state index contributed by atoms with van der Waals surface area (Å²) >= 11 is 6.20. The Labute approximate surface area is 164 Å². The topological polar surface area (TPSA) is 107 Å². The van der Waals surface area contributed by atoms with Gasteiger partial charge >= 0.3 is 5.97 Å². The van der Waals surface area contributed by atoms with Gasteiger partial charge < -0.3 is 9.15 Å². The Hall–Kier alpha value is -3.65. The molecule has 3 rings (SSSR count). The summed E-state index contributed by atoms with van der Waals surface area (Å²) in [6.45, 7) is 0. The zero-order valence-corrected chi connectivity index (χ0v) is 15.3. The number of furan rings is 1. The number of carbonyl (C=O) groups is 1. The summed E-state index contributed by atoms with van der Waals surface area (Å²) in [7, 11) is 1.30. The number of methoxy groups -OCH3 is 1. The number of hydrogen-bond donors (Lipinski definition) is 1. The number of halogens is 1. The fourth-order valence-electron chi connectivity index (χ4n) is 2.35. The first kappa shape index (κ1) is 19.1. The van der Waals surface area contributed by atoms with Crippen molar-refractivity contribution in [2.45, 2.75) is 0 Å². The number of nitro groups is 1. The van der Waals surface area contributed by atoms with Crippen molar-refractivity contribution in [3.63, 3.8) is 0 Å². The molecule has 9 heteroatoms. The van der Waals surface area contributed by atoms with Gasteiger partial charge in [-0.3, -0.25) is 15.5 Å². The van der Waals surface area contributed by atoms with E-state index in [0.717, 1.165) is 0 Å². The Balaban J connectivity index is 1.73. The predicted molar refractivity (Wildman–Crippen MR) is 105 cm³/mol. The van der Waals surface area contributed by atoms with Crippen molar-refractivity contribution >= 4 is 35.2 Å². The largest absolute Gasteiger partial charge is 0.465 e. The number of esters is 1. The van der Waals surface area contributed by atoms with Crippen LogP contribution in [0.4, 0.5) is 11.4 Å². The second kappa shape index (κ2) is 8.36. The fourth-order valence-corrected chi connectivity index (χ4v) is 2.56. The fraction of sp³-hybridized carbons (Fsp3) is 0.0526. The summed E-state index contributed by atoms with van der Waals surface area (Å²) in [5.41, 5.74) is 4.24. The minimum atomic E-state index is -0.474. The zero-order chi connectivity index (χ0) is 20.1. The molecule has 1 heterocycles. The molecule has 0 radical (unpaired) electrons. The average molecular weight is 400 g/mol. The lowest BCUT2D eigenvalue weighted by atomic mass is 10.1. The van der Waals surface area contributed by atoms with E-state index in [1.165, 1.54) is 25.5 Å². The highest BCUT2D eigenvalue weighted by Crippen LogP contribution is 2.30. The molecule has 0 fully saturated rings. The Bertz CT molecular complexity index is 1040. The average Bonchev–Trinajstić information content (AvgIpc) is 3.16.